The number of benzene rings is 2. The van der Waals surface area contributed by atoms with E-state index in [0.717, 1.165) is 36.9 Å². The van der Waals surface area contributed by atoms with Gasteiger partial charge >= 0.3 is 7.12 Å². The molecule has 0 radical (unpaired) electrons. The number of hydrogen-bond acceptors (Lipinski definition) is 5. The minimum Gasteiger partial charge on any atom is -0.422 e. The molecule has 0 atom stereocenters. The third-order valence-corrected chi connectivity index (χ3v) is 5.66. The first-order valence-electron chi connectivity index (χ1n) is 9.90. The molecule has 148 valence electrons. The topological polar surface area (TPSA) is 99.7 Å². The standard InChI is InChI=1S/C22H24BN3O3/c24-14-15-2-1-3-17(12-15)16-8-10-26(11-9-16)22(27)19-4-6-20-18(13-19)5-7-21(25-20)23(28)29/h1-7,12-13,16,28-29H,8-11,14,24H2. The Morgan fingerprint density at radius 2 is 1.90 bits per heavy atom. The lowest BCUT2D eigenvalue weighted by atomic mass is 9.85. The zero-order chi connectivity index (χ0) is 20.4. The Bertz CT molecular complexity index is 1030. The van der Waals surface area contributed by atoms with Gasteiger partial charge in [0.25, 0.3) is 5.91 Å². The second-order valence-electron chi connectivity index (χ2n) is 7.53. The first-order valence-corrected chi connectivity index (χ1v) is 9.90. The van der Waals surface area contributed by atoms with E-state index in [2.05, 4.69) is 23.2 Å². The summed E-state index contributed by atoms with van der Waals surface area (Å²) in [5.74, 6) is 0.474. The fraction of sp³-hybridized carbons (Fsp3) is 0.273. The Kier molecular flexibility index (Phi) is 5.62. The van der Waals surface area contributed by atoms with Gasteiger partial charge in [0, 0.05) is 30.6 Å². The van der Waals surface area contributed by atoms with E-state index >= 15 is 0 Å². The van der Waals surface area contributed by atoms with Crippen molar-refractivity contribution in [1.82, 2.24) is 9.88 Å². The normalized spacial score (nSPS) is 14.9. The predicted octanol–water partition coefficient (Wildman–Crippen LogP) is 1.39. The van der Waals surface area contributed by atoms with Crippen molar-refractivity contribution in [1.29, 1.82) is 0 Å². The number of pyridine rings is 1. The van der Waals surface area contributed by atoms with Gasteiger partial charge in [0.2, 0.25) is 0 Å². The number of nitrogens with zero attached hydrogens (tertiary/aromatic N) is 2. The zero-order valence-corrected chi connectivity index (χ0v) is 16.2. The number of aromatic nitrogens is 1. The SMILES string of the molecule is NCc1cccc(C2CCN(C(=O)c3ccc4nc(B(O)O)ccc4c3)CC2)c1. The maximum Gasteiger partial charge on any atom is 0.508 e. The third-order valence-electron chi connectivity index (χ3n) is 5.66. The molecular weight excluding hydrogens is 365 g/mol. The first-order chi connectivity index (χ1) is 14.0. The highest BCUT2D eigenvalue weighted by molar-refractivity contribution is 6.57. The molecule has 2 aromatic carbocycles. The molecule has 1 saturated heterocycles. The molecule has 0 unspecified atom stereocenters. The molecule has 1 aliphatic heterocycles. The molecule has 3 aromatic rings. The number of amides is 1. The van der Waals surface area contributed by atoms with E-state index in [-0.39, 0.29) is 11.5 Å². The Morgan fingerprint density at radius 1 is 1.10 bits per heavy atom. The van der Waals surface area contributed by atoms with Crippen LogP contribution in [0.4, 0.5) is 0 Å². The summed E-state index contributed by atoms with van der Waals surface area (Å²) in [6.45, 7) is 1.99. The maximum absolute atomic E-state index is 13.0. The molecule has 7 heteroatoms. The fourth-order valence-corrected chi connectivity index (χ4v) is 3.99. The van der Waals surface area contributed by atoms with E-state index in [1.807, 2.05) is 17.0 Å². The summed E-state index contributed by atoms with van der Waals surface area (Å²) < 4.78 is 0. The Balaban J connectivity index is 1.45. The molecule has 1 fully saturated rings. The van der Waals surface area contributed by atoms with E-state index in [9.17, 15) is 14.8 Å². The van der Waals surface area contributed by atoms with Crippen molar-refractivity contribution in [3.05, 3.63) is 71.3 Å². The number of fused-ring (bicyclic) bond motifs is 1. The van der Waals surface area contributed by atoms with E-state index in [4.69, 9.17) is 5.73 Å². The summed E-state index contributed by atoms with van der Waals surface area (Å²) in [4.78, 5) is 19.1. The molecule has 0 bridgehead atoms. The second-order valence-corrected chi connectivity index (χ2v) is 7.53. The van der Waals surface area contributed by atoms with Crippen molar-refractivity contribution in [2.24, 2.45) is 5.73 Å². The van der Waals surface area contributed by atoms with Gasteiger partial charge in [0.15, 0.2) is 0 Å². The molecule has 1 aromatic heterocycles. The molecule has 1 amide bonds. The van der Waals surface area contributed by atoms with Crippen molar-refractivity contribution >= 4 is 29.5 Å². The lowest BCUT2D eigenvalue weighted by molar-refractivity contribution is 0.0713. The van der Waals surface area contributed by atoms with Gasteiger partial charge in [-0.1, -0.05) is 30.3 Å². The number of rotatable bonds is 4. The van der Waals surface area contributed by atoms with Crippen molar-refractivity contribution in [2.45, 2.75) is 25.3 Å². The van der Waals surface area contributed by atoms with Crippen LogP contribution < -0.4 is 11.3 Å². The summed E-state index contributed by atoms with van der Waals surface area (Å²) in [6, 6.07) is 17.1. The van der Waals surface area contributed by atoms with Crippen molar-refractivity contribution in [2.75, 3.05) is 13.1 Å². The molecule has 6 nitrogen and oxygen atoms in total. The van der Waals surface area contributed by atoms with Gasteiger partial charge in [-0.15, -0.1) is 0 Å². The second kappa shape index (κ2) is 8.33. The number of piperidine rings is 1. The van der Waals surface area contributed by atoms with E-state index < -0.39 is 7.12 Å². The van der Waals surface area contributed by atoms with Crippen LogP contribution in [0.15, 0.2) is 54.6 Å². The average Bonchev–Trinajstić information content (AvgIpc) is 2.78. The fourth-order valence-electron chi connectivity index (χ4n) is 3.99. The van der Waals surface area contributed by atoms with Gasteiger partial charge in [-0.3, -0.25) is 9.78 Å². The molecular formula is C22H24BN3O3. The van der Waals surface area contributed by atoms with Gasteiger partial charge in [-0.05, 0) is 54.2 Å². The van der Waals surface area contributed by atoms with E-state index in [1.54, 1.807) is 24.3 Å². The lowest BCUT2D eigenvalue weighted by Crippen LogP contribution is -2.38. The van der Waals surface area contributed by atoms with Crippen LogP contribution in [0.5, 0.6) is 0 Å². The zero-order valence-electron chi connectivity index (χ0n) is 16.2. The molecule has 2 heterocycles. The highest BCUT2D eigenvalue weighted by atomic mass is 16.4. The van der Waals surface area contributed by atoms with Crippen molar-refractivity contribution < 1.29 is 14.8 Å². The lowest BCUT2D eigenvalue weighted by Gasteiger charge is -2.32. The van der Waals surface area contributed by atoms with Crippen LogP contribution in [0.1, 0.15) is 40.2 Å². The number of carbonyl (C=O) groups is 1. The minimum atomic E-state index is -1.60. The number of carbonyl (C=O) groups excluding carboxylic acids is 1. The Morgan fingerprint density at radius 3 is 2.62 bits per heavy atom. The average molecular weight is 389 g/mol. The van der Waals surface area contributed by atoms with Crippen molar-refractivity contribution in [3.8, 4) is 0 Å². The summed E-state index contributed by atoms with van der Waals surface area (Å²) in [5, 5.41) is 19.3. The summed E-state index contributed by atoms with van der Waals surface area (Å²) in [6.07, 6.45) is 1.87. The quantitative estimate of drug-likeness (QED) is 0.586. The maximum atomic E-state index is 13.0. The van der Waals surface area contributed by atoms with E-state index in [1.165, 1.54) is 5.56 Å². The highest BCUT2D eigenvalue weighted by Crippen LogP contribution is 2.29. The Labute approximate surface area is 170 Å². The summed E-state index contributed by atoms with van der Waals surface area (Å²) in [5.41, 5.74) is 9.65. The molecule has 29 heavy (non-hydrogen) atoms. The molecule has 1 aliphatic rings. The highest BCUT2D eigenvalue weighted by Gasteiger charge is 2.25. The summed E-state index contributed by atoms with van der Waals surface area (Å²) >= 11 is 0. The van der Waals surface area contributed by atoms with Crippen LogP contribution in [0.3, 0.4) is 0 Å². The molecule has 4 N–H and O–H groups in total. The largest absolute Gasteiger partial charge is 0.508 e. The number of nitrogens with two attached hydrogens (primary N) is 1. The molecule has 0 saturated carbocycles. The van der Waals surface area contributed by atoms with Crippen LogP contribution in [0.25, 0.3) is 10.9 Å². The van der Waals surface area contributed by atoms with Gasteiger partial charge < -0.3 is 20.7 Å². The smallest absolute Gasteiger partial charge is 0.422 e. The minimum absolute atomic E-state index is 0.0207. The summed E-state index contributed by atoms with van der Waals surface area (Å²) in [7, 11) is -1.60. The van der Waals surface area contributed by atoms with Crippen LogP contribution >= 0.6 is 0 Å². The van der Waals surface area contributed by atoms with E-state index in [0.29, 0.717) is 23.5 Å². The predicted molar refractivity (Wildman–Crippen MR) is 114 cm³/mol. The number of likely N-dealkylation sites (tertiary alicyclic amines) is 1. The van der Waals surface area contributed by atoms with Crippen molar-refractivity contribution in [3.63, 3.8) is 0 Å². The molecule has 0 aliphatic carbocycles. The molecule has 4 rings (SSSR count). The van der Waals surface area contributed by atoms with Crippen LogP contribution in [0, 0.1) is 0 Å². The number of hydrogen-bond donors (Lipinski definition) is 3. The van der Waals surface area contributed by atoms with Gasteiger partial charge in [-0.2, -0.15) is 0 Å². The van der Waals surface area contributed by atoms with Crippen LogP contribution in [-0.4, -0.2) is 46.0 Å². The first kappa shape index (κ1) is 19.6. The van der Waals surface area contributed by atoms with Gasteiger partial charge in [0.05, 0.1) is 11.1 Å². The van der Waals surface area contributed by atoms with Gasteiger partial charge in [0.1, 0.15) is 0 Å². The Hall–Kier alpha value is -2.74. The van der Waals surface area contributed by atoms with Gasteiger partial charge in [-0.25, -0.2) is 0 Å². The monoisotopic (exact) mass is 389 g/mol. The third kappa shape index (κ3) is 4.17. The molecule has 0 spiro atoms. The van der Waals surface area contributed by atoms with Crippen LogP contribution in [-0.2, 0) is 6.54 Å². The van der Waals surface area contributed by atoms with Crippen LogP contribution in [0.2, 0.25) is 0 Å².